The van der Waals surface area contributed by atoms with Gasteiger partial charge in [-0.2, -0.15) is 0 Å². The Balaban J connectivity index is 1.23. The van der Waals surface area contributed by atoms with E-state index in [4.69, 9.17) is 4.74 Å². The molecule has 1 N–H and O–H groups in total. The molecule has 28 heavy (non-hydrogen) atoms. The standard InChI is InChI=1S/C26H33NO/c1-19-7-9-24(10-8-19)25(23-5-3-2-4-6-23)28-12-11-27-26-16-20-13-21(17-26)15-22(14-20)18-26/h2-10,20-22,25,27H,11-18H2,1H3. The van der Waals surface area contributed by atoms with E-state index in [1.54, 1.807) is 0 Å². The van der Waals surface area contributed by atoms with Gasteiger partial charge >= 0.3 is 0 Å². The molecule has 0 spiro atoms. The molecule has 0 aliphatic heterocycles. The Morgan fingerprint density at radius 2 is 1.43 bits per heavy atom. The number of rotatable bonds is 7. The van der Waals surface area contributed by atoms with Gasteiger partial charge in [-0.3, -0.25) is 0 Å². The van der Waals surface area contributed by atoms with Gasteiger partial charge in [-0.05, 0) is 74.3 Å². The lowest BCUT2D eigenvalue weighted by Gasteiger charge is -2.57. The van der Waals surface area contributed by atoms with Crippen molar-refractivity contribution in [2.45, 2.75) is 57.1 Å². The largest absolute Gasteiger partial charge is 0.367 e. The first kappa shape index (κ1) is 18.4. The van der Waals surface area contributed by atoms with Crippen LogP contribution in [-0.4, -0.2) is 18.7 Å². The second-order valence-electron chi connectivity index (χ2n) is 9.70. The van der Waals surface area contributed by atoms with Crippen LogP contribution in [-0.2, 0) is 4.74 Å². The summed E-state index contributed by atoms with van der Waals surface area (Å²) in [7, 11) is 0. The molecular weight excluding hydrogens is 342 g/mol. The van der Waals surface area contributed by atoms with E-state index in [2.05, 4.69) is 66.8 Å². The molecular formula is C26H33NO. The molecule has 148 valence electrons. The van der Waals surface area contributed by atoms with Gasteiger partial charge in [0.1, 0.15) is 6.10 Å². The van der Waals surface area contributed by atoms with E-state index in [0.29, 0.717) is 5.54 Å². The molecule has 2 nitrogen and oxygen atoms in total. The van der Waals surface area contributed by atoms with Gasteiger partial charge in [0.2, 0.25) is 0 Å². The first-order chi connectivity index (χ1) is 13.7. The van der Waals surface area contributed by atoms with Gasteiger partial charge in [-0.15, -0.1) is 0 Å². The second kappa shape index (κ2) is 7.65. The highest BCUT2D eigenvalue weighted by Gasteiger charge is 2.50. The Morgan fingerprint density at radius 1 is 0.857 bits per heavy atom. The zero-order chi connectivity index (χ0) is 19.0. The summed E-state index contributed by atoms with van der Waals surface area (Å²) in [5.41, 5.74) is 4.19. The Labute approximate surface area is 169 Å². The highest BCUT2D eigenvalue weighted by Crippen LogP contribution is 2.55. The van der Waals surface area contributed by atoms with Crippen LogP contribution >= 0.6 is 0 Å². The van der Waals surface area contributed by atoms with Gasteiger partial charge in [0.15, 0.2) is 0 Å². The van der Waals surface area contributed by atoms with Crippen molar-refractivity contribution in [2.75, 3.05) is 13.2 Å². The summed E-state index contributed by atoms with van der Waals surface area (Å²) in [5, 5.41) is 3.97. The predicted octanol–water partition coefficient (Wildman–Crippen LogP) is 5.66. The molecule has 4 bridgehead atoms. The van der Waals surface area contributed by atoms with Crippen LogP contribution in [0.3, 0.4) is 0 Å². The molecule has 2 aromatic rings. The molecule has 0 heterocycles. The zero-order valence-electron chi connectivity index (χ0n) is 17.1. The third kappa shape index (κ3) is 3.77. The predicted molar refractivity (Wildman–Crippen MR) is 114 cm³/mol. The number of benzene rings is 2. The number of hydrogen-bond donors (Lipinski definition) is 1. The van der Waals surface area contributed by atoms with E-state index in [1.165, 1.54) is 55.2 Å². The van der Waals surface area contributed by atoms with Crippen molar-refractivity contribution in [1.82, 2.24) is 5.32 Å². The maximum atomic E-state index is 6.46. The first-order valence-corrected chi connectivity index (χ1v) is 11.2. The zero-order valence-corrected chi connectivity index (χ0v) is 17.1. The van der Waals surface area contributed by atoms with Gasteiger partial charge < -0.3 is 10.1 Å². The monoisotopic (exact) mass is 375 g/mol. The molecule has 0 amide bonds. The van der Waals surface area contributed by atoms with Crippen LogP contribution < -0.4 is 5.32 Å². The molecule has 0 aromatic heterocycles. The normalized spacial score (nSPS) is 31.8. The van der Waals surface area contributed by atoms with Crippen molar-refractivity contribution in [1.29, 1.82) is 0 Å². The topological polar surface area (TPSA) is 21.3 Å². The van der Waals surface area contributed by atoms with E-state index in [9.17, 15) is 0 Å². The van der Waals surface area contributed by atoms with Crippen LogP contribution in [0.25, 0.3) is 0 Å². The van der Waals surface area contributed by atoms with Crippen molar-refractivity contribution in [2.24, 2.45) is 17.8 Å². The highest BCUT2D eigenvalue weighted by molar-refractivity contribution is 5.31. The maximum Gasteiger partial charge on any atom is 0.108 e. The highest BCUT2D eigenvalue weighted by atomic mass is 16.5. The molecule has 4 saturated carbocycles. The molecule has 0 radical (unpaired) electrons. The minimum absolute atomic E-state index is 0.0139. The first-order valence-electron chi connectivity index (χ1n) is 11.2. The fraction of sp³-hybridized carbons (Fsp3) is 0.538. The van der Waals surface area contributed by atoms with Crippen molar-refractivity contribution in [3.63, 3.8) is 0 Å². The number of nitrogens with one attached hydrogen (secondary N) is 1. The summed E-state index contributed by atoms with van der Waals surface area (Å²) in [6.07, 6.45) is 8.72. The molecule has 2 aromatic carbocycles. The summed E-state index contributed by atoms with van der Waals surface area (Å²) in [6, 6.07) is 19.4. The Morgan fingerprint density at radius 3 is 2.04 bits per heavy atom. The molecule has 6 rings (SSSR count). The van der Waals surface area contributed by atoms with Gasteiger partial charge in [-0.1, -0.05) is 60.2 Å². The fourth-order valence-corrected chi connectivity index (χ4v) is 6.57. The molecule has 4 aliphatic carbocycles. The van der Waals surface area contributed by atoms with E-state index >= 15 is 0 Å². The lowest BCUT2D eigenvalue weighted by Crippen LogP contribution is -2.58. The summed E-state index contributed by atoms with van der Waals surface area (Å²) in [4.78, 5) is 0. The van der Waals surface area contributed by atoms with Gasteiger partial charge in [-0.25, -0.2) is 0 Å². The SMILES string of the molecule is Cc1ccc(C(OCCNC23CC4CC(CC(C4)C2)C3)c2ccccc2)cc1. The lowest BCUT2D eigenvalue weighted by atomic mass is 9.53. The van der Waals surface area contributed by atoms with Crippen LogP contribution in [0.15, 0.2) is 54.6 Å². The molecule has 4 aliphatic rings. The van der Waals surface area contributed by atoms with E-state index in [0.717, 1.165) is 30.9 Å². The minimum Gasteiger partial charge on any atom is -0.367 e. The van der Waals surface area contributed by atoms with E-state index < -0.39 is 0 Å². The Hall–Kier alpha value is -1.64. The summed E-state index contributed by atoms with van der Waals surface area (Å²) in [6.45, 7) is 3.86. The molecule has 1 atom stereocenters. The summed E-state index contributed by atoms with van der Waals surface area (Å²) >= 11 is 0. The van der Waals surface area contributed by atoms with Gasteiger partial charge in [0.25, 0.3) is 0 Å². The summed E-state index contributed by atoms with van der Waals surface area (Å²) in [5.74, 6) is 2.97. The Kier molecular flexibility index (Phi) is 5.02. The number of ether oxygens (including phenoxy) is 1. The molecule has 0 saturated heterocycles. The molecule has 2 heteroatoms. The van der Waals surface area contributed by atoms with Crippen LogP contribution in [0.1, 0.15) is 61.3 Å². The van der Waals surface area contributed by atoms with Crippen LogP contribution in [0.5, 0.6) is 0 Å². The third-order valence-corrected chi connectivity index (χ3v) is 7.41. The molecule has 4 fully saturated rings. The van der Waals surface area contributed by atoms with E-state index in [1.807, 2.05) is 0 Å². The average Bonchev–Trinajstić information content (AvgIpc) is 2.69. The van der Waals surface area contributed by atoms with Gasteiger partial charge in [0.05, 0.1) is 6.61 Å². The van der Waals surface area contributed by atoms with Gasteiger partial charge in [0, 0.05) is 12.1 Å². The summed E-state index contributed by atoms with van der Waals surface area (Å²) < 4.78 is 6.46. The lowest BCUT2D eigenvalue weighted by molar-refractivity contribution is -0.0247. The fourth-order valence-electron chi connectivity index (χ4n) is 6.57. The number of aryl methyl sites for hydroxylation is 1. The quantitative estimate of drug-likeness (QED) is 0.631. The van der Waals surface area contributed by atoms with Crippen molar-refractivity contribution in [3.8, 4) is 0 Å². The molecule has 1 unspecified atom stereocenters. The van der Waals surface area contributed by atoms with Crippen LogP contribution in [0.2, 0.25) is 0 Å². The third-order valence-electron chi connectivity index (χ3n) is 7.41. The smallest absolute Gasteiger partial charge is 0.108 e. The van der Waals surface area contributed by atoms with Crippen molar-refractivity contribution < 1.29 is 4.74 Å². The van der Waals surface area contributed by atoms with Crippen LogP contribution in [0, 0.1) is 24.7 Å². The number of hydrogen-bond acceptors (Lipinski definition) is 2. The Bertz CT molecular complexity index is 747. The average molecular weight is 376 g/mol. The van der Waals surface area contributed by atoms with Crippen molar-refractivity contribution in [3.05, 3.63) is 71.3 Å². The maximum absolute atomic E-state index is 6.46. The van der Waals surface area contributed by atoms with Crippen molar-refractivity contribution >= 4 is 0 Å². The van der Waals surface area contributed by atoms with E-state index in [-0.39, 0.29) is 6.10 Å². The second-order valence-corrected chi connectivity index (χ2v) is 9.70. The van der Waals surface area contributed by atoms with Crippen LogP contribution in [0.4, 0.5) is 0 Å². The minimum atomic E-state index is 0.0139.